The Kier molecular flexibility index (Phi) is 4.99. The van der Waals surface area contributed by atoms with Gasteiger partial charge in [0.1, 0.15) is 17.6 Å². The molecule has 1 aromatic carbocycles. The van der Waals surface area contributed by atoms with E-state index in [1.165, 1.54) is 18.3 Å². The monoisotopic (exact) mass is 439 g/mol. The van der Waals surface area contributed by atoms with E-state index in [4.69, 9.17) is 5.26 Å². The summed E-state index contributed by atoms with van der Waals surface area (Å²) in [6.07, 6.45) is 6.64. The molecule has 0 amide bonds. The van der Waals surface area contributed by atoms with E-state index in [1.54, 1.807) is 46.2 Å². The fourth-order valence-corrected chi connectivity index (χ4v) is 3.45. The van der Waals surface area contributed by atoms with Crippen LogP contribution in [0, 0.1) is 17.1 Å². The first kappa shape index (κ1) is 20.3. The maximum absolute atomic E-state index is 13.2. The number of anilines is 1. The molecule has 0 aliphatic carbocycles. The molecular weight excluding hydrogens is 421 g/mol. The van der Waals surface area contributed by atoms with Crippen molar-refractivity contribution in [1.29, 1.82) is 5.26 Å². The van der Waals surface area contributed by atoms with Crippen LogP contribution in [-0.2, 0) is 0 Å². The highest BCUT2D eigenvalue weighted by Gasteiger charge is 2.16. The molecule has 10 heteroatoms. The highest BCUT2D eigenvalue weighted by atomic mass is 19.1. The average Bonchev–Trinajstić information content (AvgIpc) is 3.46. The third-order valence-corrected chi connectivity index (χ3v) is 4.95. The standard InChI is InChI=1S/C23H18FN9/c1-14(2)29-20-8-22(33-23-16(11-28-33)7-15(9-25)10-27-23)26-12-19(20)21-13-32(31-30-21)18-5-3-17(24)4-6-18/h3-8,10-14H,1-2H3,(H,26,29). The summed E-state index contributed by atoms with van der Waals surface area (Å²) in [6, 6.07) is 11.9. The lowest BCUT2D eigenvalue weighted by Crippen LogP contribution is -2.12. The van der Waals surface area contributed by atoms with Gasteiger partial charge in [-0.2, -0.15) is 15.0 Å². The van der Waals surface area contributed by atoms with E-state index >= 15 is 0 Å². The van der Waals surface area contributed by atoms with Gasteiger partial charge in [0.25, 0.3) is 0 Å². The SMILES string of the molecule is CC(C)Nc1cc(-n2ncc3cc(C#N)cnc32)ncc1-c1cn(-c2ccc(F)cc2)nn1. The van der Waals surface area contributed by atoms with E-state index in [0.717, 1.165) is 16.6 Å². The lowest BCUT2D eigenvalue weighted by atomic mass is 10.1. The highest BCUT2D eigenvalue weighted by molar-refractivity contribution is 5.79. The predicted octanol–water partition coefficient (Wildman–Crippen LogP) is 3.89. The molecule has 0 saturated heterocycles. The maximum Gasteiger partial charge on any atom is 0.164 e. The number of nitrogens with one attached hydrogen (secondary N) is 1. The van der Waals surface area contributed by atoms with Crippen molar-refractivity contribution in [2.45, 2.75) is 19.9 Å². The zero-order chi connectivity index (χ0) is 22.9. The number of benzene rings is 1. The van der Waals surface area contributed by atoms with Crippen molar-refractivity contribution < 1.29 is 4.39 Å². The number of hydrogen-bond acceptors (Lipinski definition) is 7. The molecule has 0 fully saturated rings. The molecule has 9 nitrogen and oxygen atoms in total. The van der Waals surface area contributed by atoms with E-state index in [2.05, 4.69) is 36.8 Å². The van der Waals surface area contributed by atoms with Crippen LogP contribution in [0.1, 0.15) is 19.4 Å². The fraction of sp³-hybridized carbons (Fsp3) is 0.130. The summed E-state index contributed by atoms with van der Waals surface area (Å²) in [7, 11) is 0. The molecule has 0 radical (unpaired) electrons. The van der Waals surface area contributed by atoms with Gasteiger partial charge in [-0.25, -0.2) is 19.0 Å². The summed E-state index contributed by atoms with van der Waals surface area (Å²) in [6.45, 7) is 4.07. The second-order valence-electron chi connectivity index (χ2n) is 7.72. The molecule has 0 saturated carbocycles. The summed E-state index contributed by atoms with van der Waals surface area (Å²) >= 11 is 0. The Labute approximate surface area is 188 Å². The Hall–Kier alpha value is -4.65. The van der Waals surface area contributed by atoms with Crippen LogP contribution >= 0.6 is 0 Å². The van der Waals surface area contributed by atoms with Crippen LogP contribution in [0.25, 0.3) is 33.8 Å². The molecule has 5 aromatic rings. The van der Waals surface area contributed by atoms with E-state index in [1.807, 2.05) is 19.9 Å². The smallest absolute Gasteiger partial charge is 0.164 e. The molecule has 0 spiro atoms. The van der Waals surface area contributed by atoms with Gasteiger partial charge in [0.2, 0.25) is 0 Å². The van der Waals surface area contributed by atoms with Crippen LogP contribution in [0.2, 0.25) is 0 Å². The van der Waals surface area contributed by atoms with Gasteiger partial charge >= 0.3 is 0 Å². The van der Waals surface area contributed by atoms with E-state index in [-0.39, 0.29) is 11.9 Å². The number of nitriles is 1. The minimum atomic E-state index is -0.313. The van der Waals surface area contributed by atoms with E-state index < -0.39 is 0 Å². The number of nitrogens with zero attached hydrogens (tertiary/aromatic N) is 8. The molecule has 1 N–H and O–H groups in total. The summed E-state index contributed by atoms with van der Waals surface area (Å²) < 4.78 is 16.5. The molecule has 4 aromatic heterocycles. The Morgan fingerprint density at radius 2 is 1.88 bits per heavy atom. The largest absolute Gasteiger partial charge is 0.382 e. The average molecular weight is 439 g/mol. The first-order valence-corrected chi connectivity index (χ1v) is 10.2. The van der Waals surface area contributed by atoms with Crippen molar-refractivity contribution in [3.05, 3.63) is 72.6 Å². The number of pyridine rings is 2. The quantitative estimate of drug-likeness (QED) is 0.442. The van der Waals surface area contributed by atoms with Crippen LogP contribution in [0.5, 0.6) is 0 Å². The predicted molar refractivity (Wildman–Crippen MR) is 120 cm³/mol. The molecule has 0 aliphatic rings. The summed E-state index contributed by atoms with van der Waals surface area (Å²) in [4.78, 5) is 8.95. The molecular formula is C23H18FN9. The minimum Gasteiger partial charge on any atom is -0.382 e. The van der Waals surface area contributed by atoms with Crippen LogP contribution < -0.4 is 5.32 Å². The third-order valence-electron chi connectivity index (χ3n) is 4.95. The number of aromatic nitrogens is 7. The minimum absolute atomic E-state index is 0.150. The van der Waals surface area contributed by atoms with Crippen LogP contribution in [0.15, 0.2) is 61.2 Å². The molecule has 5 rings (SSSR count). The number of rotatable bonds is 5. The van der Waals surface area contributed by atoms with Crippen molar-refractivity contribution >= 4 is 16.7 Å². The summed E-state index contributed by atoms with van der Waals surface area (Å²) in [5, 5.41) is 26.1. The van der Waals surface area contributed by atoms with Gasteiger partial charge in [-0.3, -0.25) is 0 Å². The van der Waals surface area contributed by atoms with Crippen molar-refractivity contribution in [3.8, 4) is 28.8 Å². The number of halogens is 1. The lowest BCUT2D eigenvalue weighted by Gasteiger charge is -2.14. The van der Waals surface area contributed by atoms with Gasteiger partial charge in [0.05, 0.1) is 23.6 Å². The topological polar surface area (TPSA) is 110 Å². The molecule has 0 unspecified atom stereocenters. The van der Waals surface area contributed by atoms with E-state index in [9.17, 15) is 4.39 Å². The van der Waals surface area contributed by atoms with Gasteiger partial charge in [-0.15, -0.1) is 5.10 Å². The van der Waals surface area contributed by atoms with Gasteiger partial charge < -0.3 is 5.32 Å². The summed E-state index contributed by atoms with van der Waals surface area (Å²) in [5.41, 5.74) is 3.95. The normalized spacial score (nSPS) is 11.1. The molecule has 0 bridgehead atoms. The Morgan fingerprint density at radius 1 is 1.06 bits per heavy atom. The zero-order valence-electron chi connectivity index (χ0n) is 17.8. The van der Waals surface area contributed by atoms with Crippen molar-refractivity contribution in [2.75, 3.05) is 5.32 Å². The third kappa shape index (κ3) is 3.87. The van der Waals surface area contributed by atoms with Crippen molar-refractivity contribution in [1.82, 2.24) is 34.7 Å². The Bertz CT molecular complexity index is 1490. The first-order valence-electron chi connectivity index (χ1n) is 10.2. The highest BCUT2D eigenvalue weighted by Crippen LogP contribution is 2.29. The molecule has 0 aliphatic heterocycles. The second kappa shape index (κ2) is 8.12. The number of hydrogen-bond donors (Lipinski definition) is 1. The first-order chi connectivity index (χ1) is 16.0. The van der Waals surface area contributed by atoms with Crippen molar-refractivity contribution in [3.63, 3.8) is 0 Å². The Morgan fingerprint density at radius 3 is 2.64 bits per heavy atom. The van der Waals surface area contributed by atoms with E-state index in [0.29, 0.717) is 28.4 Å². The van der Waals surface area contributed by atoms with Gasteiger partial charge in [0.15, 0.2) is 11.5 Å². The fourth-order valence-electron chi connectivity index (χ4n) is 3.45. The number of fused-ring (bicyclic) bond motifs is 1. The Balaban J connectivity index is 1.56. The second-order valence-corrected chi connectivity index (χ2v) is 7.72. The van der Waals surface area contributed by atoms with Crippen LogP contribution in [0.4, 0.5) is 10.1 Å². The van der Waals surface area contributed by atoms with Crippen molar-refractivity contribution in [2.24, 2.45) is 0 Å². The van der Waals surface area contributed by atoms with Gasteiger partial charge in [0, 0.05) is 41.1 Å². The lowest BCUT2D eigenvalue weighted by molar-refractivity contribution is 0.626. The van der Waals surface area contributed by atoms with Gasteiger partial charge in [-0.1, -0.05) is 5.21 Å². The zero-order valence-corrected chi connectivity index (χ0v) is 17.8. The van der Waals surface area contributed by atoms with Crippen LogP contribution in [0.3, 0.4) is 0 Å². The maximum atomic E-state index is 13.2. The summed E-state index contributed by atoms with van der Waals surface area (Å²) in [5.74, 6) is 0.256. The molecule has 0 atom stereocenters. The molecule has 33 heavy (non-hydrogen) atoms. The molecule has 162 valence electrons. The molecule has 4 heterocycles. The van der Waals surface area contributed by atoms with Crippen LogP contribution in [-0.4, -0.2) is 40.8 Å². The van der Waals surface area contributed by atoms with Gasteiger partial charge in [-0.05, 0) is 44.2 Å².